The molecule has 1 aliphatic heterocycles. The first kappa shape index (κ1) is 15.3. The average Bonchev–Trinajstić information content (AvgIpc) is 3.28. The van der Waals surface area contributed by atoms with Crippen LogP contribution in [0.15, 0.2) is 21.9 Å². The van der Waals surface area contributed by atoms with Crippen LogP contribution in [0.4, 0.5) is 0 Å². The zero-order valence-electron chi connectivity index (χ0n) is 13.6. The minimum absolute atomic E-state index is 0.411. The lowest BCUT2D eigenvalue weighted by Gasteiger charge is -2.34. The fourth-order valence-corrected chi connectivity index (χ4v) is 4.70. The van der Waals surface area contributed by atoms with Crippen molar-refractivity contribution in [1.82, 2.24) is 15.1 Å². The zero-order chi connectivity index (χ0) is 15.5. The van der Waals surface area contributed by atoms with Crippen LogP contribution in [-0.4, -0.2) is 34.7 Å². The van der Waals surface area contributed by atoms with Gasteiger partial charge < -0.3 is 9.32 Å². The highest BCUT2D eigenvalue weighted by molar-refractivity contribution is 7.13. The largest absolute Gasteiger partial charge is 0.420 e. The molecule has 1 atom stereocenters. The van der Waals surface area contributed by atoms with Crippen molar-refractivity contribution in [3.05, 3.63) is 23.4 Å². The Morgan fingerprint density at radius 1 is 1.13 bits per heavy atom. The monoisotopic (exact) mass is 331 g/mol. The summed E-state index contributed by atoms with van der Waals surface area (Å²) >= 11 is 1.65. The van der Waals surface area contributed by atoms with Gasteiger partial charge in [0.25, 0.3) is 5.89 Å². The molecule has 23 heavy (non-hydrogen) atoms. The number of nitrogens with zero attached hydrogens (tertiary/aromatic N) is 3. The van der Waals surface area contributed by atoms with E-state index >= 15 is 0 Å². The molecule has 4 rings (SSSR count). The molecule has 4 nitrogen and oxygen atoms in total. The molecule has 1 saturated carbocycles. The molecule has 0 aromatic carbocycles. The topological polar surface area (TPSA) is 42.2 Å². The Hall–Kier alpha value is -1.20. The van der Waals surface area contributed by atoms with Crippen molar-refractivity contribution in [3.8, 4) is 10.8 Å². The molecule has 124 valence electrons. The number of rotatable bonds is 4. The number of piperidine rings is 1. The molecule has 2 aromatic rings. The first-order valence-corrected chi connectivity index (χ1v) is 9.86. The van der Waals surface area contributed by atoms with Gasteiger partial charge in [-0.15, -0.1) is 21.5 Å². The summed E-state index contributed by atoms with van der Waals surface area (Å²) in [4.78, 5) is 3.71. The maximum atomic E-state index is 5.97. The maximum absolute atomic E-state index is 5.97. The third-order valence-corrected chi connectivity index (χ3v) is 6.13. The number of aromatic nitrogens is 2. The first-order chi connectivity index (χ1) is 11.4. The molecule has 2 aromatic heterocycles. The molecule has 3 heterocycles. The highest BCUT2D eigenvalue weighted by Crippen LogP contribution is 2.31. The minimum atomic E-state index is 0.411. The van der Waals surface area contributed by atoms with Gasteiger partial charge in [0.1, 0.15) is 0 Å². The van der Waals surface area contributed by atoms with Crippen LogP contribution in [0.1, 0.15) is 56.8 Å². The second kappa shape index (κ2) is 7.14. The van der Waals surface area contributed by atoms with Crippen LogP contribution in [0.2, 0.25) is 0 Å². The van der Waals surface area contributed by atoms with Crippen molar-refractivity contribution in [1.29, 1.82) is 0 Å². The van der Waals surface area contributed by atoms with Crippen LogP contribution >= 0.6 is 11.3 Å². The molecule has 0 N–H and O–H groups in total. The highest BCUT2D eigenvalue weighted by Gasteiger charge is 2.27. The summed E-state index contributed by atoms with van der Waals surface area (Å²) < 4.78 is 5.97. The SMILES string of the molecule is c1csc(-c2nnc([C@@H]3CCCN(CC4CCCCC4)C3)o2)c1. The molecule has 2 fully saturated rings. The van der Waals surface area contributed by atoms with E-state index < -0.39 is 0 Å². The fourth-order valence-electron chi connectivity index (χ4n) is 4.06. The fraction of sp³-hybridized carbons (Fsp3) is 0.667. The Morgan fingerprint density at radius 2 is 2.04 bits per heavy atom. The molecular weight excluding hydrogens is 306 g/mol. The lowest BCUT2D eigenvalue weighted by atomic mass is 9.88. The van der Waals surface area contributed by atoms with Crippen molar-refractivity contribution in [2.24, 2.45) is 5.92 Å². The zero-order valence-corrected chi connectivity index (χ0v) is 14.4. The number of hydrogen-bond acceptors (Lipinski definition) is 5. The van der Waals surface area contributed by atoms with Crippen molar-refractivity contribution < 1.29 is 4.42 Å². The normalized spacial score (nSPS) is 24.1. The first-order valence-electron chi connectivity index (χ1n) is 8.98. The van der Waals surface area contributed by atoms with Gasteiger partial charge in [-0.2, -0.15) is 0 Å². The van der Waals surface area contributed by atoms with Crippen LogP contribution in [0.25, 0.3) is 10.8 Å². The standard InChI is InChI=1S/C18H25N3OS/c1-2-6-14(7-3-1)12-21-10-4-8-15(13-21)17-19-20-18(22-17)16-9-5-11-23-16/h5,9,11,14-15H,1-4,6-8,10,12-13H2/t15-/m1/s1. The second-order valence-corrected chi connectivity index (χ2v) is 7.97. The molecule has 0 radical (unpaired) electrons. The van der Waals surface area contributed by atoms with Gasteiger partial charge in [-0.05, 0) is 49.6 Å². The van der Waals surface area contributed by atoms with E-state index in [-0.39, 0.29) is 0 Å². The third-order valence-electron chi connectivity index (χ3n) is 5.27. The van der Waals surface area contributed by atoms with E-state index in [4.69, 9.17) is 4.42 Å². The van der Waals surface area contributed by atoms with E-state index in [2.05, 4.69) is 15.1 Å². The molecular formula is C18H25N3OS. The molecule has 0 unspecified atom stereocenters. The third kappa shape index (κ3) is 3.66. The number of thiophene rings is 1. The van der Waals surface area contributed by atoms with Crippen LogP contribution in [0, 0.1) is 5.92 Å². The van der Waals surface area contributed by atoms with Crippen molar-refractivity contribution in [2.75, 3.05) is 19.6 Å². The molecule has 0 bridgehead atoms. The van der Waals surface area contributed by atoms with Crippen molar-refractivity contribution in [2.45, 2.75) is 50.9 Å². The van der Waals surface area contributed by atoms with Crippen molar-refractivity contribution >= 4 is 11.3 Å². The summed E-state index contributed by atoms with van der Waals surface area (Å²) in [5.41, 5.74) is 0. The van der Waals surface area contributed by atoms with Crippen LogP contribution in [0.3, 0.4) is 0 Å². The summed E-state index contributed by atoms with van der Waals surface area (Å²) in [7, 11) is 0. The van der Waals surface area contributed by atoms with E-state index in [0.29, 0.717) is 11.8 Å². The Bertz CT molecular complexity index is 604. The maximum Gasteiger partial charge on any atom is 0.257 e. The average molecular weight is 331 g/mol. The lowest BCUT2D eigenvalue weighted by Crippen LogP contribution is -2.38. The van der Waals surface area contributed by atoms with E-state index in [9.17, 15) is 0 Å². The van der Waals surface area contributed by atoms with E-state index in [1.807, 2.05) is 17.5 Å². The molecule has 5 heteroatoms. The lowest BCUT2D eigenvalue weighted by molar-refractivity contribution is 0.152. The number of hydrogen-bond donors (Lipinski definition) is 0. The van der Waals surface area contributed by atoms with Gasteiger partial charge in [0.05, 0.1) is 10.8 Å². The second-order valence-electron chi connectivity index (χ2n) is 7.03. The van der Waals surface area contributed by atoms with Gasteiger partial charge in [0.2, 0.25) is 5.89 Å². The summed E-state index contributed by atoms with van der Waals surface area (Å²) in [5, 5.41) is 10.6. The molecule has 0 spiro atoms. The quantitative estimate of drug-likeness (QED) is 0.824. The van der Waals surface area contributed by atoms with E-state index in [1.165, 1.54) is 58.0 Å². The molecule has 1 aliphatic carbocycles. The molecule has 0 amide bonds. The smallest absolute Gasteiger partial charge is 0.257 e. The predicted octanol–water partition coefficient (Wildman–Crippen LogP) is 4.56. The summed E-state index contributed by atoms with van der Waals surface area (Å²) in [5.74, 6) is 2.83. The summed E-state index contributed by atoms with van der Waals surface area (Å²) in [6.07, 6.45) is 9.55. The van der Waals surface area contributed by atoms with Gasteiger partial charge in [-0.3, -0.25) is 0 Å². The summed E-state index contributed by atoms with van der Waals surface area (Å²) in [6, 6.07) is 4.06. The van der Waals surface area contributed by atoms with Gasteiger partial charge in [-0.1, -0.05) is 25.3 Å². The minimum Gasteiger partial charge on any atom is -0.420 e. The predicted molar refractivity (Wildman–Crippen MR) is 92.6 cm³/mol. The van der Waals surface area contributed by atoms with E-state index in [1.54, 1.807) is 11.3 Å². The summed E-state index contributed by atoms with van der Waals surface area (Å²) in [6.45, 7) is 3.59. The Kier molecular flexibility index (Phi) is 4.76. The van der Waals surface area contributed by atoms with Gasteiger partial charge in [0, 0.05) is 13.1 Å². The Morgan fingerprint density at radius 3 is 2.87 bits per heavy atom. The Labute approximate surface area is 141 Å². The van der Waals surface area contributed by atoms with E-state index in [0.717, 1.165) is 23.2 Å². The van der Waals surface area contributed by atoms with Crippen LogP contribution in [0.5, 0.6) is 0 Å². The van der Waals surface area contributed by atoms with Gasteiger partial charge in [0.15, 0.2) is 0 Å². The van der Waals surface area contributed by atoms with Crippen molar-refractivity contribution in [3.63, 3.8) is 0 Å². The Balaban J connectivity index is 1.39. The molecule has 1 saturated heterocycles. The highest BCUT2D eigenvalue weighted by atomic mass is 32.1. The molecule has 2 aliphatic rings. The van der Waals surface area contributed by atoms with Gasteiger partial charge in [-0.25, -0.2) is 0 Å². The van der Waals surface area contributed by atoms with Crippen LogP contribution in [-0.2, 0) is 0 Å². The van der Waals surface area contributed by atoms with Crippen LogP contribution < -0.4 is 0 Å². The van der Waals surface area contributed by atoms with Gasteiger partial charge >= 0.3 is 0 Å². The number of likely N-dealkylation sites (tertiary alicyclic amines) is 1.